The smallest absolute Gasteiger partial charge is 0.336 e. The number of unbranched alkanes of at least 4 members (excludes halogenated alkanes) is 2. The van der Waals surface area contributed by atoms with Gasteiger partial charge in [-0.15, -0.1) is 0 Å². The summed E-state index contributed by atoms with van der Waals surface area (Å²) in [7, 11) is 1.56. The molecule has 3 rings (SSSR count). The predicted octanol–water partition coefficient (Wildman–Crippen LogP) is 5.84. The number of nitrogens with zero attached hydrogens (tertiary/aromatic N) is 1. The normalized spacial score (nSPS) is 11.0. The van der Waals surface area contributed by atoms with Crippen molar-refractivity contribution in [2.75, 3.05) is 12.4 Å². The monoisotopic (exact) mass is 436 g/mol. The molecular formula is C26H32N2O4. The van der Waals surface area contributed by atoms with Crippen LogP contribution in [0.4, 0.5) is 5.69 Å². The van der Waals surface area contributed by atoms with E-state index in [0.717, 1.165) is 47.1 Å². The summed E-state index contributed by atoms with van der Waals surface area (Å²) in [5, 5.41) is 13.6. The standard InChI is InChI=1S/C26H32N2O4/c1-6-7-8-9-24(29)27-20-11-13-21-16(2)18(4)28(23(21)14-20)15-19-10-12-22(26(30)31)17(3)25(19)32-5/h10-14H,6-9,15H2,1-5H3,(H,27,29)(H,30,31). The number of hydrogen-bond acceptors (Lipinski definition) is 3. The molecule has 2 aromatic carbocycles. The van der Waals surface area contributed by atoms with Gasteiger partial charge < -0.3 is 19.7 Å². The molecular weight excluding hydrogens is 404 g/mol. The Bertz CT molecular complexity index is 1160. The molecule has 0 aliphatic heterocycles. The van der Waals surface area contributed by atoms with E-state index in [0.29, 0.717) is 24.3 Å². The Morgan fingerprint density at radius 2 is 1.81 bits per heavy atom. The number of carbonyl (C=O) groups excluding carboxylic acids is 1. The highest BCUT2D eigenvalue weighted by Gasteiger charge is 2.18. The van der Waals surface area contributed by atoms with Gasteiger partial charge in [0.15, 0.2) is 0 Å². The fourth-order valence-electron chi connectivity index (χ4n) is 4.25. The molecule has 1 amide bonds. The molecule has 0 saturated heterocycles. The quantitative estimate of drug-likeness (QED) is 0.413. The number of methoxy groups -OCH3 is 1. The van der Waals surface area contributed by atoms with Crippen LogP contribution in [0.2, 0.25) is 0 Å². The molecule has 0 spiro atoms. The van der Waals surface area contributed by atoms with Crippen molar-refractivity contribution in [1.82, 2.24) is 4.57 Å². The average molecular weight is 437 g/mol. The maximum Gasteiger partial charge on any atom is 0.336 e. The maximum atomic E-state index is 12.3. The first-order chi connectivity index (χ1) is 15.3. The minimum atomic E-state index is -0.967. The van der Waals surface area contributed by atoms with Crippen LogP contribution >= 0.6 is 0 Å². The molecule has 1 aromatic heterocycles. The van der Waals surface area contributed by atoms with Crippen LogP contribution < -0.4 is 10.1 Å². The lowest BCUT2D eigenvalue weighted by atomic mass is 10.0. The van der Waals surface area contributed by atoms with Crippen molar-refractivity contribution in [3.8, 4) is 5.75 Å². The van der Waals surface area contributed by atoms with Crippen molar-refractivity contribution in [3.05, 3.63) is 58.3 Å². The second-order valence-corrected chi connectivity index (χ2v) is 8.27. The van der Waals surface area contributed by atoms with Crippen LogP contribution in [0.5, 0.6) is 5.75 Å². The number of amides is 1. The third-order valence-corrected chi connectivity index (χ3v) is 6.18. The van der Waals surface area contributed by atoms with Crippen LogP contribution in [0.3, 0.4) is 0 Å². The van der Waals surface area contributed by atoms with Crippen molar-refractivity contribution in [2.45, 2.75) is 59.9 Å². The molecule has 1 heterocycles. The summed E-state index contributed by atoms with van der Waals surface area (Å²) in [5.41, 5.74) is 5.86. The molecule has 0 fully saturated rings. The zero-order valence-corrected chi connectivity index (χ0v) is 19.5. The van der Waals surface area contributed by atoms with Gasteiger partial charge in [-0.05, 0) is 51.0 Å². The molecule has 0 aliphatic carbocycles. The third kappa shape index (κ3) is 4.64. The fourth-order valence-corrected chi connectivity index (χ4v) is 4.25. The lowest BCUT2D eigenvalue weighted by Crippen LogP contribution is -2.11. The van der Waals surface area contributed by atoms with Gasteiger partial charge in [-0.2, -0.15) is 0 Å². The lowest BCUT2D eigenvalue weighted by molar-refractivity contribution is -0.116. The molecule has 0 unspecified atom stereocenters. The molecule has 32 heavy (non-hydrogen) atoms. The Morgan fingerprint density at radius 1 is 1.06 bits per heavy atom. The van der Waals surface area contributed by atoms with E-state index in [1.165, 1.54) is 5.56 Å². The minimum Gasteiger partial charge on any atom is -0.496 e. The topological polar surface area (TPSA) is 80.6 Å². The van der Waals surface area contributed by atoms with E-state index in [1.807, 2.05) is 24.3 Å². The third-order valence-electron chi connectivity index (χ3n) is 6.18. The average Bonchev–Trinajstić information content (AvgIpc) is 2.98. The van der Waals surface area contributed by atoms with Gasteiger partial charge in [0, 0.05) is 34.3 Å². The number of nitrogens with one attached hydrogen (secondary N) is 1. The van der Waals surface area contributed by atoms with Crippen molar-refractivity contribution in [1.29, 1.82) is 0 Å². The number of rotatable bonds is 9. The molecule has 0 bridgehead atoms. The van der Waals surface area contributed by atoms with Crippen LogP contribution in [0.1, 0.15) is 65.3 Å². The van der Waals surface area contributed by atoms with Crippen LogP contribution in [0.15, 0.2) is 30.3 Å². The molecule has 0 atom stereocenters. The number of benzene rings is 2. The van der Waals surface area contributed by atoms with Gasteiger partial charge in [-0.3, -0.25) is 4.79 Å². The van der Waals surface area contributed by atoms with Crippen molar-refractivity contribution in [3.63, 3.8) is 0 Å². The van der Waals surface area contributed by atoms with Gasteiger partial charge in [0.2, 0.25) is 5.91 Å². The van der Waals surface area contributed by atoms with Gasteiger partial charge in [0.1, 0.15) is 5.75 Å². The largest absolute Gasteiger partial charge is 0.496 e. The summed E-state index contributed by atoms with van der Waals surface area (Å²) in [4.78, 5) is 23.8. The highest BCUT2D eigenvalue weighted by Crippen LogP contribution is 2.32. The summed E-state index contributed by atoms with van der Waals surface area (Å²) in [6.07, 6.45) is 3.55. The van der Waals surface area contributed by atoms with Crippen molar-refractivity contribution in [2.24, 2.45) is 0 Å². The fraction of sp³-hybridized carbons (Fsp3) is 0.385. The van der Waals surface area contributed by atoms with E-state index in [9.17, 15) is 14.7 Å². The van der Waals surface area contributed by atoms with Crippen molar-refractivity contribution < 1.29 is 19.4 Å². The zero-order chi connectivity index (χ0) is 23.4. The number of aromatic carboxylic acids is 1. The number of carbonyl (C=O) groups is 2. The molecule has 0 radical (unpaired) electrons. The Hall–Kier alpha value is -3.28. The van der Waals surface area contributed by atoms with E-state index in [4.69, 9.17) is 4.74 Å². The highest BCUT2D eigenvalue weighted by molar-refractivity contribution is 5.95. The van der Waals surface area contributed by atoms with Gasteiger partial charge in [0.05, 0.1) is 24.7 Å². The van der Waals surface area contributed by atoms with Gasteiger partial charge >= 0.3 is 5.97 Å². The number of carboxylic acids is 1. The first-order valence-electron chi connectivity index (χ1n) is 11.1. The number of ether oxygens (including phenoxy) is 1. The number of carboxylic acid groups (broad SMARTS) is 1. The Labute approximate surface area is 189 Å². The Morgan fingerprint density at radius 3 is 2.47 bits per heavy atom. The highest BCUT2D eigenvalue weighted by atomic mass is 16.5. The molecule has 6 nitrogen and oxygen atoms in total. The van der Waals surface area contributed by atoms with Crippen LogP contribution in [0, 0.1) is 20.8 Å². The summed E-state index contributed by atoms with van der Waals surface area (Å²) in [5.74, 6) is -0.347. The predicted molar refractivity (Wildman–Crippen MR) is 128 cm³/mol. The van der Waals surface area contributed by atoms with Crippen LogP contribution in [-0.4, -0.2) is 28.7 Å². The maximum absolute atomic E-state index is 12.3. The van der Waals surface area contributed by atoms with E-state index < -0.39 is 5.97 Å². The van der Waals surface area contributed by atoms with E-state index in [2.05, 4.69) is 30.7 Å². The number of aryl methyl sites for hydroxylation is 1. The van der Waals surface area contributed by atoms with E-state index in [1.54, 1.807) is 20.1 Å². The summed E-state index contributed by atoms with van der Waals surface area (Å²) in [6.45, 7) is 8.59. The van der Waals surface area contributed by atoms with Gasteiger partial charge in [0.25, 0.3) is 0 Å². The summed E-state index contributed by atoms with van der Waals surface area (Å²) < 4.78 is 7.78. The molecule has 0 saturated carbocycles. The van der Waals surface area contributed by atoms with Crippen LogP contribution in [-0.2, 0) is 11.3 Å². The van der Waals surface area contributed by atoms with Gasteiger partial charge in [-0.25, -0.2) is 4.79 Å². The Balaban J connectivity index is 1.98. The first-order valence-corrected chi connectivity index (χ1v) is 11.1. The van der Waals surface area contributed by atoms with E-state index in [-0.39, 0.29) is 11.5 Å². The van der Waals surface area contributed by atoms with Crippen LogP contribution in [0.25, 0.3) is 10.9 Å². The SMILES string of the molecule is CCCCCC(=O)Nc1ccc2c(C)c(C)n(Cc3ccc(C(=O)O)c(C)c3OC)c2c1. The number of fused-ring (bicyclic) bond motifs is 1. The molecule has 2 N–H and O–H groups in total. The minimum absolute atomic E-state index is 0.0332. The van der Waals surface area contributed by atoms with Gasteiger partial charge in [-0.1, -0.05) is 31.9 Å². The van der Waals surface area contributed by atoms with E-state index >= 15 is 0 Å². The number of anilines is 1. The number of hydrogen-bond donors (Lipinski definition) is 2. The second kappa shape index (κ2) is 9.90. The summed E-state index contributed by atoms with van der Waals surface area (Å²) in [6, 6.07) is 9.45. The van der Waals surface area contributed by atoms with Crippen molar-refractivity contribution >= 4 is 28.5 Å². The number of aromatic nitrogens is 1. The first kappa shape index (κ1) is 23.4. The molecule has 0 aliphatic rings. The lowest BCUT2D eigenvalue weighted by Gasteiger charge is -2.16. The molecule has 6 heteroatoms. The zero-order valence-electron chi connectivity index (χ0n) is 19.5. The molecule has 3 aromatic rings. The summed E-state index contributed by atoms with van der Waals surface area (Å²) >= 11 is 0. The Kier molecular flexibility index (Phi) is 7.23. The second-order valence-electron chi connectivity index (χ2n) is 8.27. The molecule has 170 valence electrons.